The van der Waals surface area contributed by atoms with Crippen LogP contribution < -0.4 is 0 Å². The van der Waals surface area contributed by atoms with Gasteiger partial charge < -0.3 is 4.57 Å². The summed E-state index contributed by atoms with van der Waals surface area (Å²) in [6.45, 7) is 13.3. The van der Waals surface area contributed by atoms with Gasteiger partial charge in [-0.1, -0.05) is 77.9 Å². The van der Waals surface area contributed by atoms with Gasteiger partial charge in [-0.05, 0) is 46.2 Å². The van der Waals surface area contributed by atoms with Crippen molar-refractivity contribution in [2.75, 3.05) is 0 Å². The average Bonchev–Trinajstić information content (AvgIpc) is 3.10. The van der Waals surface area contributed by atoms with Crippen LogP contribution in [0.4, 0.5) is 11.4 Å². The van der Waals surface area contributed by atoms with Crippen molar-refractivity contribution in [1.82, 2.24) is 4.57 Å². The quantitative estimate of drug-likeness (QED) is 0.208. The SMILES string of the molecule is Cn1c(C=Nc2ccccc2C(C)(C)C)ccc1C=Nc1ccccc1C(C)(C)C.[Br][Fe][Br]. The zero-order chi connectivity index (χ0) is 24.6. The molecule has 0 N–H and O–H groups in total. The first-order chi connectivity index (χ1) is 15.5. The van der Waals surface area contributed by atoms with Crippen LogP contribution >= 0.6 is 28.2 Å². The number of aromatic nitrogens is 1. The van der Waals surface area contributed by atoms with Gasteiger partial charge in [-0.3, -0.25) is 9.98 Å². The molecule has 3 nitrogen and oxygen atoms in total. The van der Waals surface area contributed by atoms with Crippen molar-refractivity contribution in [2.24, 2.45) is 17.0 Å². The number of nitrogens with zero attached hydrogens (tertiary/aromatic N) is 3. The van der Waals surface area contributed by atoms with Crippen LogP contribution in [0.3, 0.4) is 0 Å². The van der Waals surface area contributed by atoms with E-state index in [0.717, 1.165) is 34.1 Å². The molecule has 2 aromatic carbocycles. The van der Waals surface area contributed by atoms with E-state index in [4.69, 9.17) is 9.98 Å². The number of hydrogen-bond donors (Lipinski definition) is 0. The van der Waals surface area contributed by atoms with E-state index in [1.807, 2.05) is 31.6 Å². The van der Waals surface area contributed by atoms with Crippen molar-refractivity contribution in [3.8, 4) is 0 Å². The summed E-state index contributed by atoms with van der Waals surface area (Å²) < 4.78 is 2.12. The molecule has 0 bridgehead atoms. The Hall–Kier alpha value is -1.46. The number of hydrogen-bond acceptors (Lipinski definition) is 2. The predicted molar refractivity (Wildman–Crippen MR) is 148 cm³/mol. The van der Waals surface area contributed by atoms with E-state index in [9.17, 15) is 0 Å². The van der Waals surface area contributed by atoms with Gasteiger partial charge in [0.05, 0.1) is 35.2 Å². The van der Waals surface area contributed by atoms with Crippen LogP contribution in [0.15, 0.2) is 70.6 Å². The summed E-state index contributed by atoms with van der Waals surface area (Å²) in [5, 5.41) is 0. The maximum absolute atomic E-state index is 4.79. The number of benzene rings is 2. The number of rotatable bonds is 4. The third kappa shape index (κ3) is 8.06. The summed E-state index contributed by atoms with van der Waals surface area (Å²) in [7, 11) is 2.05. The Morgan fingerprint density at radius 2 is 1.00 bits per heavy atom. The number of halogens is 2. The predicted octanol–water partition coefficient (Wildman–Crippen LogP) is 8.81. The molecule has 178 valence electrons. The molecule has 3 aromatic rings. The molecule has 1 heterocycles. The van der Waals surface area contributed by atoms with Gasteiger partial charge in [-0.2, -0.15) is 0 Å². The molecule has 0 radical (unpaired) electrons. The minimum atomic E-state index is 0.0560. The second-order valence-corrected chi connectivity index (χ2v) is 15.4. The van der Waals surface area contributed by atoms with E-state index in [0.29, 0.717) is 0 Å². The second-order valence-electron chi connectivity index (χ2n) is 9.84. The molecule has 0 aliphatic carbocycles. The van der Waals surface area contributed by atoms with Gasteiger partial charge in [0.2, 0.25) is 0 Å². The summed E-state index contributed by atoms with van der Waals surface area (Å²) in [6.07, 6.45) is 3.87. The van der Waals surface area contributed by atoms with E-state index >= 15 is 0 Å². The van der Waals surface area contributed by atoms with Gasteiger partial charge in [-0.25, -0.2) is 0 Å². The molecule has 0 fully saturated rings. The fourth-order valence-corrected chi connectivity index (χ4v) is 3.51. The zero-order valence-corrected chi connectivity index (χ0v) is 24.7. The normalized spacial score (nSPS) is 12.4. The summed E-state index contributed by atoms with van der Waals surface area (Å²) in [6, 6.07) is 20.9. The minimum absolute atomic E-state index is 0.0560. The fraction of sp³-hybridized carbons (Fsp3) is 0.333. The Bertz CT molecular complexity index is 1020. The molecule has 0 spiro atoms. The molecule has 0 aliphatic rings. The molecule has 0 amide bonds. The third-order valence-corrected chi connectivity index (χ3v) is 5.30. The van der Waals surface area contributed by atoms with E-state index in [1.165, 1.54) is 11.1 Å². The Kier molecular flexibility index (Phi) is 10.4. The maximum atomic E-state index is 4.79. The van der Waals surface area contributed by atoms with Crippen molar-refractivity contribution < 1.29 is 11.3 Å². The van der Waals surface area contributed by atoms with E-state index in [1.54, 1.807) is 0 Å². The van der Waals surface area contributed by atoms with Crippen LogP contribution in [0.5, 0.6) is 0 Å². The van der Waals surface area contributed by atoms with Crippen molar-refractivity contribution in [1.29, 1.82) is 0 Å². The van der Waals surface area contributed by atoms with Crippen molar-refractivity contribution in [2.45, 2.75) is 52.4 Å². The molecule has 33 heavy (non-hydrogen) atoms. The fourth-order valence-electron chi connectivity index (χ4n) is 3.51. The van der Waals surface area contributed by atoms with Crippen LogP contribution in [0.25, 0.3) is 0 Å². The molecule has 0 saturated carbocycles. The summed E-state index contributed by atoms with van der Waals surface area (Å²) >= 11 is 7.00. The van der Waals surface area contributed by atoms with Crippen LogP contribution in [-0.4, -0.2) is 17.0 Å². The van der Waals surface area contributed by atoms with E-state index in [2.05, 4.69) is 123 Å². The monoisotopic (exact) mass is 613 g/mol. The van der Waals surface area contributed by atoms with Crippen LogP contribution in [0, 0.1) is 0 Å². The number of para-hydroxylation sites is 2. The Balaban J connectivity index is 0.00000122. The molecular formula is C27H33Br2FeN3. The van der Waals surface area contributed by atoms with E-state index < -0.39 is 0 Å². The molecule has 0 aliphatic heterocycles. The Morgan fingerprint density at radius 3 is 1.33 bits per heavy atom. The first kappa shape index (κ1) is 27.8. The van der Waals surface area contributed by atoms with Gasteiger partial charge >= 0.3 is 39.6 Å². The van der Waals surface area contributed by atoms with Crippen LogP contribution in [0.1, 0.15) is 64.1 Å². The van der Waals surface area contributed by atoms with Crippen molar-refractivity contribution >= 4 is 52.0 Å². The van der Waals surface area contributed by atoms with Crippen molar-refractivity contribution in [3.05, 3.63) is 83.2 Å². The Morgan fingerprint density at radius 1 is 0.667 bits per heavy atom. The summed E-state index contributed by atoms with van der Waals surface area (Å²) in [5.74, 6) is 0. The van der Waals surface area contributed by atoms with Gasteiger partial charge in [0.1, 0.15) is 0 Å². The van der Waals surface area contributed by atoms with Gasteiger partial charge in [0.15, 0.2) is 0 Å². The van der Waals surface area contributed by atoms with Crippen LogP contribution in [0.2, 0.25) is 0 Å². The Labute approximate surface area is 219 Å². The topological polar surface area (TPSA) is 29.6 Å². The van der Waals surface area contributed by atoms with Crippen molar-refractivity contribution in [3.63, 3.8) is 0 Å². The molecular weight excluding hydrogens is 582 g/mol. The summed E-state index contributed by atoms with van der Waals surface area (Å²) in [4.78, 5) is 9.58. The molecule has 3 rings (SSSR count). The van der Waals surface area contributed by atoms with Gasteiger partial charge in [-0.15, -0.1) is 0 Å². The molecule has 6 heteroatoms. The molecule has 0 unspecified atom stereocenters. The number of aliphatic imine (C=N–C) groups is 2. The van der Waals surface area contributed by atoms with Crippen LogP contribution in [-0.2, 0) is 29.2 Å². The third-order valence-electron chi connectivity index (χ3n) is 5.30. The zero-order valence-electron chi connectivity index (χ0n) is 20.4. The average molecular weight is 615 g/mol. The second kappa shape index (κ2) is 12.3. The summed E-state index contributed by atoms with van der Waals surface area (Å²) in [5.41, 5.74) is 6.72. The first-order valence-electron chi connectivity index (χ1n) is 10.8. The van der Waals surface area contributed by atoms with Gasteiger partial charge in [0.25, 0.3) is 0 Å². The van der Waals surface area contributed by atoms with E-state index in [-0.39, 0.29) is 10.8 Å². The first-order valence-corrected chi connectivity index (χ1v) is 16.2. The standard InChI is InChI=1S/C27H33N3.2BrH.Fe/c1-26(2,3)22-12-8-10-14-24(22)28-18-20-16-17-21(30(20)7)19-29-25-15-11-9-13-23(25)27(4,5)6;;;/h8-19H,1-7H3;2*1H;/q;;;+2/p-2. The molecule has 1 aromatic heterocycles. The molecule has 0 atom stereocenters. The van der Waals surface area contributed by atoms with Gasteiger partial charge in [0, 0.05) is 7.05 Å². The molecule has 0 saturated heterocycles.